The van der Waals surface area contributed by atoms with Gasteiger partial charge in [-0.15, -0.1) is 0 Å². The van der Waals surface area contributed by atoms with Crippen molar-refractivity contribution >= 4 is 22.7 Å². The van der Waals surface area contributed by atoms with Crippen molar-refractivity contribution < 1.29 is 14.0 Å². The molecule has 1 aromatic carbocycles. The molecule has 0 spiro atoms. The van der Waals surface area contributed by atoms with Crippen LogP contribution in [0.25, 0.3) is 10.9 Å². The first-order valence-electron chi connectivity index (χ1n) is 8.34. The van der Waals surface area contributed by atoms with Gasteiger partial charge in [-0.3, -0.25) is 14.6 Å². The number of hydrogen-bond donors (Lipinski definition) is 1. The molecule has 0 aliphatic carbocycles. The number of pyridine rings is 1. The zero-order chi connectivity index (χ0) is 18.5. The lowest BCUT2D eigenvalue weighted by Gasteiger charge is -2.24. The smallest absolute Gasteiger partial charge is 0.275 e. The van der Waals surface area contributed by atoms with Crippen molar-refractivity contribution in [3.05, 3.63) is 60.4 Å². The summed E-state index contributed by atoms with van der Waals surface area (Å²) in [7, 11) is 1.71. The van der Waals surface area contributed by atoms with Crippen LogP contribution in [-0.4, -0.2) is 46.3 Å². The molecule has 3 aromatic rings. The van der Waals surface area contributed by atoms with Crippen molar-refractivity contribution in [1.29, 1.82) is 0 Å². The number of carbonyl (C=O) groups excluding carboxylic acids is 2. The number of fused-ring (bicyclic) bond motifs is 1. The van der Waals surface area contributed by atoms with Gasteiger partial charge in [-0.25, -0.2) is 4.98 Å². The van der Waals surface area contributed by atoms with Crippen LogP contribution in [0.4, 0.5) is 0 Å². The molecule has 1 unspecified atom stereocenters. The van der Waals surface area contributed by atoms with E-state index in [2.05, 4.69) is 15.3 Å². The zero-order valence-corrected chi connectivity index (χ0v) is 14.7. The Morgan fingerprint density at radius 3 is 2.88 bits per heavy atom. The minimum Gasteiger partial charge on any atom is -0.451 e. The van der Waals surface area contributed by atoms with Crippen molar-refractivity contribution in [2.75, 3.05) is 13.6 Å². The normalized spacial score (nSPS) is 11.9. The lowest BCUT2D eigenvalue weighted by molar-refractivity contribution is 0.0731. The number of aromatic nitrogens is 2. The molecular weight excluding hydrogens is 332 g/mol. The zero-order valence-electron chi connectivity index (χ0n) is 14.7. The number of amides is 2. The fourth-order valence-corrected chi connectivity index (χ4v) is 2.60. The second-order valence-corrected chi connectivity index (χ2v) is 6.09. The minimum absolute atomic E-state index is 0.0576. The average Bonchev–Trinajstić information content (AvgIpc) is 3.21. The van der Waals surface area contributed by atoms with Crippen LogP contribution in [0.5, 0.6) is 0 Å². The Labute approximate surface area is 151 Å². The molecule has 0 fully saturated rings. The maximum Gasteiger partial charge on any atom is 0.275 e. The van der Waals surface area contributed by atoms with E-state index in [1.54, 1.807) is 30.3 Å². The molecule has 1 atom stereocenters. The summed E-state index contributed by atoms with van der Waals surface area (Å²) in [6.07, 6.45) is 4.87. The third kappa shape index (κ3) is 3.88. The largest absolute Gasteiger partial charge is 0.451 e. The Morgan fingerprint density at radius 1 is 1.27 bits per heavy atom. The number of nitrogens with zero attached hydrogens (tertiary/aromatic N) is 3. The van der Waals surface area contributed by atoms with E-state index in [4.69, 9.17) is 4.42 Å². The predicted molar refractivity (Wildman–Crippen MR) is 96.8 cm³/mol. The van der Waals surface area contributed by atoms with E-state index in [0.29, 0.717) is 18.5 Å². The molecule has 0 saturated heterocycles. The SMILES string of the molecule is CC(CCNC(=O)c1ccc2cccnc2c1)N(C)C(=O)c1cocn1. The summed E-state index contributed by atoms with van der Waals surface area (Å²) < 4.78 is 4.84. The molecular formula is C19H20N4O3. The quantitative estimate of drug-likeness (QED) is 0.736. The Kier molecular flexibility index (Phi) is 5.26. The molecule has 3 rings (SSSR count). The second-order valence-electron chi connectivity index (χ2n) is 6.09. The predicted octanol–water partition coefficient (Wildman–Crippen LogP) is 2.50. The third-order valence-corrected chi connectivity index (χ3v) is 4.35. The molecule has 0 aliphatic heterocycles. The Morgan fingerprint density at radius 2 is 2.12 bits per heavy atom. The van der Waals surface area contributed by atoms with E-state index < -0.39 is 0 Å². The van der Waals surface area contributed by atoms with Gasteiger partial charge >= 0.3 is 0 Å². The minimum atomic E-state index is -0.210. The fraction of sp³-hybridized carbons (Fsp3) is 0.263. The molecule has 1 N–H and O–H groups in total. The van der Waals surface area contributed by atoms with Gasteiger partial charge in [-0.2, -0.15) is 0 Å². The van der Waals surface area contributed by atoms with Gasteiger partial charge in [0.2, 0.25) is 0 Å². The van der Waals surface area contributed by atoms with Crippen LogP contribution >= 0.6 is 0 Å². The van der Waals surface area contributed by atoms with Crippen molar-refractivity contribution in [2.24, 2.45) is 0 Å². The topological polar surface area (TPSA) is 88.3 Å². The number of carbonyl (C=O) groups is 2. The molecule has 0 bridgehead atoms. The standard InChI is InChI=1S/C19H20N4O3/c1-13(23(2)19(25)17-11-26-12-22-17)7-9-21-18(24)15-6-5-14-4-3-8-20-16(14)10-15/h3-6,8,10-13H,7,9H2,1-2H3,(H,21,24). The van der Waals surface area contributed by atoms with E-state index >= 15 is 0 Å². The first-order valence-corrected chi connectivity index (χ1v) is 8.34. The van der Waals surface area contributed by atoms with Gasteiger partial charge < -0.3 is 14.6 Å². The van der Waals surface area contributed by atoms with Crippen LogP contribution in [0.2, 0.25) is 0 Å². The Balaban J connectivity index is 1.53. The molecule has 0 saturated carbocycles. The van der Waals surface area contributed by atoms with Crippen molar-refractivity contribution in [1.82, 2.24) is 20.2 Å². The van der Waals surface area contributed by atoms with E-state index in [1.807, 2.05) is 25.1 Å². The first kappa shape index (κ1) is 17.6. The van der Waals surface area contributed by atoms with E-state index in [9.17, 15) is 9.59 Å². The molecule has 2 amide bonds. The summed E-state index contributed by atoms with van der Waals surface area (Å²) in [6, 6.07) is 9.19. The van der Waals surface area contributed by atoms with Crippen molar-refractivity contribution in [3.8, 4) is 0 Å². The Hall–Kier alpha value is -3.22. The molecule has 0 radical (unpaired) electrons. The molecule has 7 heteroatoms. The fourth-order valence-electron chi connectivity index (χ4n) is 2.60. The highest BCUT2D eigenvalue weighted by atomic mass is 16.3. The van der Waals surface area contributed by atoms with Gasteiger partial charge in [0.15, 0.2) is 12.1 Å². The monoisotopic (exact) mass is 352 g/mol. The van der Waals surface area contributed by atoms with E-state index in [0.717, 1.165) is 10.9 Å². The van der Waals surface area contributed by atoms with Gasteiger partial charge in [-0.05, 0) is 31.5 Å². The van der Waals surface area contributed by atoms with Gasteiger partial charge in [0.25, 0.3) is 11.8 Å². The summed E-state index contributed by atoms with van der Waals surface area (Å²) >= 11 is 0. The number of hydrogen-bond acceptors (Lipinski definition) is 5. The summed E-state index contributed by atoms with van der Waals surface area (Å²) in [6.45, 7) is 2.38. The number of oxazole rings is 1. The number of benzene rings is 1. The highest BCUT2D eigenvalue weighted by Gasteiger charge is 2.19. The van der Waals surface area contributed by atoms with Crippen LogP contribution in [0.1, 0.15) is 34.2 Å². The van der Waals surface area contributed by atoms with Crippen LogP contribution in [0, 0.1) is 0 Å². The maximum absolute atomic E-state index is 12.3. The van der Waals surface area contributed by atoms with Crippen LogP contribution in [-0.2, 0) is 0 Å². The molecule has 134 valence electrons. The molecule has 0 aliphatic rings. The highest BCUT2D eigenvalue weighted by molar-refractivity contribution is 5.97. The van der Waals surface area contributed by atoms with E-state index in [-0.39, 0.29) is 23.6 Å². The lowest BCUT2D eigenvalue weighted by Crippen LogP contribution is -2.38. The number of rotatable bonds is 6. The van der Waals surface area contributed by atoms with Crippen LogP contribution in [0.15, 0.2) is 53.6 Å². The average molecular weight is 352 g/mol. The number of nitrogens with one attached hydrogen (secondary N) is 1. The maximum atomic E-state index is 12.3. The molecule has 26 heavy (non-hydrogen) atoms. The summed E-state index contributed by atoms with van der Waals surface area (Å²) in [5.74, 6) is -0.367. The summed E-state index contributed by atoms with van der Waals surface area (Å²) in [4.78, 5) is 34.2. The Bertz CT molecular complexity index is 908. The highest BCUT2D eigenvalue weighted by Crippen LogP contribution is 2.13. The van der Waals surface area contributed by atoms with Crippen LogP contribution in [0.3, 0.4) is 0 Å². The van der Waals surface area contributed by atoms with Crippen LogP contribution < -0.4 is 5.32 Å². The molecule has 2 heterocycles. The van der Waals surface area contributed by atoms with Crippen molar-refractivity contribution in [2.45, 2.75) is 19.4 Å². The van der Waals surface area contributed by atoms with Gasteiger partial charge in [-0.1, -0.05) is 12.1 Å². The van der Waals surface area contributed by atoms with Gasteiger partial charge in [0.1, 0.15) is 6.26 Å². The second kappa shape index (κ2) is 7.77. The van der Waals surface area contributed by atoms with Gasteiger partial charge in [0.05, 0.1) is 5.52 Å². The van der Waals surface area contributed by atoms with E-state index in [1.165, 1.54) is 12.7 Å². The van der Waals surface area contributed by atoms with Crippen molar-refractivity contribution in [3.63, 3.8) is 0 Å². The van der Waals surface area contributed by atoms with Gasteiger partial charge in [0, 0.05) is 36.8 Å². The third-order valence-electron chi connectivity index (χ3n) is 4.35. The summed E-state index contributed by atoms with van der Waals surface area (Å²) in [5, 5.41) is 3.88. The molecule has 7 nitrogen and oxygen atoms in total. The molecule has 2 aromatic heterocycles. The lowest BCUT2D eigenvalue weighted by atomic mass is 10.1. The summed E-state index contributed by atoms with van der Waals surface area (Å²) in [5.41, 5.74) is 1.62. The first-order chi connectivity index (χ1) is 12.6.